The van der Waals surface area contributed by atoms with Gasteiger partial charge in [-0.1, -0.05) is 63.1 Å². The Morgan fingerprint density at radius 1 is 1.05 bits per heavy atom. The smallest absolute Gasteiger partial charge is 0.307 e. The molecule has 0 heterocycles. The summed E-state index contributed by atoms with van der Waals surface area (Å²) in [5, 5.41) is 9.73. The maximum atomic E-state index is 15.0. The first-order valence-electron chi connectivity index (χ1n) is 14.0. The zero-order valence-corrected chi connectivity index (χ0v) is 22.8. The molecule has 3 aliphatic rings. The lowest BCUT2D eigenvalue weighted by Crippen LogP contribution is -2.17. The number of fused-ring (bicyclic) bond motifs is 2. The van der Waals surface area contributed by atoms with Crippen molar-refractivity contribution in [1.82, 2.24) is 0 Å². The van der Waals surface area contributed by atoms with Gasteiger partial charge in [-0.25, -0.2) is 4.39 Å². The van der Waals surface area contributed by atoms with Crippen molar-refractivity contribution >= 4 is 5.97 Å². The first-order valence-corrected chi connectivity index (χ1v) is 14.0. The highest BCUT2D eigenvalue weighted by molar-refractivity contribution is 5.79. The summed E-state index contributed by atoms with van der Waals surface area (Å²) in [5.74, 6) is 0.127. The summed E-state index contributed by atoms with van der Waals surface area (Å²) in [4.78, 5) is 11.8. The number of carboxylic acid groups (broad SMARTS) is 1. The molecule has 3 aliphatic carbocycles. The van der Waals surface area contributed by atoms with E-state index in [1.54, 1.807) is 6.07 Å². The molecule has 1 N–H and O–H groups in total. The first-order chi connectivity index (χ1) is 18.1. The third-order valence-electron chi connectivity index (χ3n) is 9.98. The third-order valence-corrected chi connectivity index (χ3v) is 9.98. The van der Waals surface area contributed by atoms with Gasteiger partial charge in [-0.15, -0.1) is 0 Å². The zero-order chi connectivity index (χ0) is 26.8. The Morgan fingerprint density at radius 3 is 2.58 bits per heavy atom. The number of aliphatic carboxylic acids is 1. The van der Waals surface area contributed by atoms with Crippen LogP contribution in [0.3, 0.4) is 0 Å². The largest absolute Gasteiger partial charge is 0.489 e. The van der Waals surface area contributed by atoms with Gasteiger partial charge >= 0.3 is 5.97 Å². The van der Waals surface area contributed by atoms with E-state index >= 15 is 4.39 Å². The molecule has 0 radical (unpaired) electrons. The number of carboxylic acids is 1. The molecule has 3 aromatic rings. The van der Waals surface area contributed by atoms with Crippen molar-refractivity contribution in [1.29, 1.82) is 0 Å². The molecule has 0 unspecified atom stereocenters. The van der Waals surface area contributed by atoms with Gasteiger partial charge in [0.1, 0.15) is 18.2 Å². The van der Waals surface area contributed by atoms with Crippen LogP contribution in [0.15, 0.2) is 54.6 Å². The van der Waals surface area contributed by atoms with E-state index in [1.807, 2.05) is 25.1 Å². The predicted octanol–water partition coefficient (Wildman–Crippen LogP) is 8.21. The highest BCUT2D eigenvalue weighted by Crippen LogP contribution is 2.66. The Hall–Kier alpha value is -3.14. The quantitative estimate of drug-likeness (QED) is 0.362. The van der Waals surface area contributed by atoms with Gasteiger partial charge in [0, 0.05) is 11.0 Å². The molecule has 4 atom stereocenters. The Labute approximate surface area is 225 Å². The van der Waals surface area contributed by atoms with E-state index in [0.717, 1.165) is 47.3 Å². The molecule has 38 heavy (non-hydrogen) atoms. The third kappa shape index (κ3) is 3.95. The topological polar surface area (TPSA) is 46.5 Å². The van der Waals surface area contributed by atoms with Crippen LogP contribution >= 0.6 is 0 Å². The van der Waals surface area contributed by atoms with E-state index in [2.05, 4.69) is 51.1 Å². The summed E-state index contributed by atoms with van der Waals surface area (Å²) in [5.41, 5.74) is 7.32. The Kier molecular flexibility index (Phi) is 5.93. The molecule has 3 aromatic carbocycles. The molecule has 0 aliphatic heterocycles. The van der Waals surface area contributed by atoms with E-state index in [9.17, 15) is 9.90 Å². The van der Waals surface area contributed by atoms with Gasteiger partial charge in [-0.2, -0.15) is 0 Å². The van der Waals surface area contributed by atoms with E-state index in [-0.39, 0.29) is 28.5 Å². The van der Waals surface area contributed by atoms with Crippen LogP contribution in [0.1, 0.15) is 80.2 Å². The second-order valence-electron chi connectivity index (χ2n) is 12.6. The van der Waals surface area contributed by atoms with Crippen molar-refractivity contribution in [2.24, 2.45) is 17.3 Å². The van der Waals surface area contributed by atoms with Gasteiger partial charge in [0.25, 0.3) is 0 Å². The van der Waals surface area contributed by atoms with Gasteiger partial charge in [-0.05, 0) is 102 Å². The molecule has 0 bridgehead atoms. The monoisotopic (exact) mass is 512 g/mol. The summed E-state index contributed by atoms with van der Waals surface area (Å²) >= 11 is 0. The SMILES string of the molecule is Cc1ccc(F)c(-c2ccc(COc3ccc4c(c3)[C@]3(CC4)[C@H](C)[C@H]3C(=O)O)cc2[C@@H]2CCCC2(C)C)c1. The van der Waals surface area contributed by atoms with Crippen LogP contribution in [0, 0.1) is 30.0 Å². The summed E-state index contributed by atoms with van der Waals surface area (Å²) in [6, 6.07) is 17.9. The lowest BCUT2D eigenvalue weighted by atomic mass is 9.75. The highest BCUT2D eigenvalue weighted by Gasteiger charge is 2.68. The van der Waals surface area contributed by atoms with Gasteiger partial charge in [0.05, 0.1) is 5.92 Å². The first kappa shape index (κ1) is 25.2. The summed E-state index contributed by atoms with van der Waals surface area (Å²) in [6.07, 6.45) is 5.29. The van der Waals surface area contributed by atoms with Gasteiger partial charge in [0.2, 0.25) is 0 Å². The number of carbonyl (C=O) groups is 1. The molecule has 198 valence electrons. The standard InChI is InChI=1S/C34H37FO3/c1-20-7-12-30(35)27(16-20)25-11-8-22(17-26(25)28-6-5-14-33(28,3)4)19-38-24-10-9-23-13-15-34(29(23)18-24)21(2)31(34)32(36)37/h7-12,16-18,21,28,31H,5-6,13-15,19H2,1-4H3,(H,36,37)/t21-,28+,31+,34+/m1/s1. The lowest BCUT2D eigenvalue weighted by Gasteiger charge is -2.30. The van der Waals surface area contributed by atoms with Crippen LogP contribution in [0.4, 0.5) is 4.39 Å². The van der Waals surface area contributed by atoms with Crippen molar-refractivity contribution in [2.75, 3.05) is 0 Å². The van der Waals surface area contributed by atoms with Crippen LogP contribution in [0.2, 0.25) is 0 Å². The van der Waals surface area contributed by atoms with Gasteiger partial charge in [-0.3, -0.25) is 4.79 Å². The minimum atomic E-state index is -0.691. The summed E-state index contributed by atoms with van der Waals surface area (Å²) in [6.45, 7) is 9.14. The van der Waals surface area contributed by atoms with Crippen LogP contribution in [0.5, 0.6) is 5.75 Å². The maximum Gasteiger partial charge on any atom is 0.307 e. The molecule has 6 rings (SSSR count). The number of rotatable bonds is 6. The Balaban J connectivity index is 1.30. The van der Waals surface area contributed by atoms with Crippen molar-refractivity contribution in [2.45, 2.75) is 77.7 Å². The van der Waals surface area contributed by atoms with Gasteiger partial charge in [0.15, 0.2) is 0 Å². The van der Waals surface area contributed by atoms with Crippen molar-refractivity contribution in [3.8, 4) is 16.9 Å². The Morgan fingerprint density at radius 2 is 1.87 bits per heavy atom. The minimum absolute atomic E-state index is 0.156. The number of hydrogen-bond acceptors (Lipinski definition) is 2. The van der Waals surface area contributed by atoms with Crippen molar-refractivity contribution < 1.29 is 19.0 Å². The van der Waals surface area contributed by atoms with Gasteiger partial charge < -0.3 is 9.84 Å². The average Bonchev–Trinajstić information content (AvgIpc) is 3.11. The van der Waals surface area contributed by atoms with Crippen LogP contribution in [0.25, 0.3) is 11.1 Å². The predicted molar refractivity (Wildman–Crippen MR) is 148 cm³/mol. The summed E-state index contributed by atoms with van der Waals surface area (Å²) < 4.78 is 21.3. The Bertz CT molecular complexity index is 1420. The van der Waals surface area contributed by atoms with Crippen LogP contribution in [-0.2, 0) is 23.2 Å². The van der Waals surface area contributed by atoms with E-state index in [1.165, 1.54) is 24.0 Å². The number of aryl methyl sites for hydroxylation is 2. The number of ether oxygens (including phenoxy) is 1. The van der Waals surface area contributed by atoms with Crippen molar-refractivity contribution in [3.63, 3.8) is 0 Å². The maximum absolute atomic E-state index is 15.0. The number of hydrogen-bond donors (Lipinski definition) is 1. The van der Waals surface area contributed by atoms with Crippen LogP contribution < -0.4 is 4.74 Å². The lowest BCUT2D eigenvalue weighted by molar-refractivity contribution is -0.139. The van der Waals surface area contributed by atoms with Crippen LogP contribution in [-0.4, -0.2) is 11.1 Å². The van der Waals surface area contributed by atoms with Crippen molar-refractivity contribution in [3.05, 3.63) is 88.2 Å². The molecule has 3 nitrogen and oxygen atoms in total. The molecule has 0 amide bonds. The van der Waals surface area contributed by atoms with E-state index in [0.29, 0.717) is 18.1 Å². The number of benzene rings is 3. The van der Waals surface area contributed by atoms with E-state index < -0.39 is 5.97 Å². The zero-order valence-electron chi connectivity index (χ0n) is 22.8. The highest BCUT2D eigenvalue weighted by atomic mass is 19.1. The molecular weight excluding hydrogens is 475 g/mol. The fourth-order valence-corrected chi connectivity index (χ4v) is 7.78. The molecule has 0 aromatic heterocycles. The molecule has 2 fully saturated rings. The normalized spacial score (nSPS) is 26.9. The summed E-state index contributed by atoms with van der Waals surface area (Å²) in [7, 11) is 0. The average molecular weight is 513 g/mol. The molecular formula is C34H37FO3. The second kappa shape index (κ2) is 8.97. The number of halogens is 1. The fourth-order valence-electron chi connectivity index (χ4n) is 7.78. The molecule has 4 heteroatoms. The fraction of sp³-hybridized carbons (Fsp3) is 0.441. The second-order valence-corrected chi connectivity index (χ2v) is 12.6. The molecule has 2 saturated carbocycles. The minimum Gasteiger partial charge on any atom is -0.489 e. The molecule has 0 saturated heterocycles. The molecule has 1 spiro atoms. The van der Waals surface area contributed by atoms with E-state index in [4.69, 9.17) is 4.74 Å².